The van der Waals surface area contributed by atoms with E-state index in [1.165, 1.54) is 0 Å². The quantitative estimate of drug-likeness (QED) is 0.897. The Morgan fingerprint density at radius 3 is 2.95 bits per heavy atom. The highest BCUT2D eigenvalue weighted by Gasteiger charge is 2.20. The largest absolute Gasteiger partial charge is 0.375 e. The molecule has 1 N–H and O–H groups in total. The van der Waals surface area contributed by atoms with Crippen molar-refractivity contribution in [2.45, 2.75) is 39.3 Å². The minimum Gasteiger partial charge on any atom is -0.375 e. The summed E-state index contributed by atoms with van der Waals surface area (Å²) in [6, 6.07) is 5.75. The lowest BCUT2D eigenvalue weighted by Crippen LogP contribution is -2.41. The molecule has 0 radical (unpaired) electrons. The van der Waals surface area contributed by atoms with Gasteiger partial charge in [0, 0.05) is 19.1 Å². The van der Waals surface area contributed by atoms with Crippen LogP contribution in [0.4, 0.5) is 10.1 Å². The third-order valence-electron chi connectivity index (χ3n) is 3.75. The lowest BCUT2D eigenvalue weighted by molar-refractivity contribution is 0.0530. The SMILES string of the molecule is CCCNC(C)c1ccc(N2CCOC(C)C2)c(F)c1. The zero-order valence-electron chi connectivity index (χ0n) is 12.7. The van der Waals surface area contributed by atoms with E-state index in [9.17, 15) is 4.39 Å². The molecule has 0 aliphatic carbocycles. The van der Waals surface area contributed by atoms with Crippen LogP contribution in [-0.4, -0.2) is 32.3 Å². The van der Waals surface area contributed by atoms with Crippen LogP contribution >= 0.6 is 0 Å². The molecule has 1 heterocycles. The maximum Gasteiger partial charge on any atom is 0.146 e. The van der Waals surface area contributed by atoms with Crippen molar-refractivity contribution in [2.24, 2.45) is 0 Å². The molecule has 3 nitrogen and oxygen atoms in total. The van der Waals surface area contributed by atoms with Crippen LogP contribution in [0.1, 0.15) is 38.8 Å². The number of rotatable bonds is 5. The Morgan fingerprint density at radius 2 is 2.30 bits per heavy atom. The summed E-state index contributed by atoms with van der Waals surface area (Å²) in [5, 5.41) is 3.38. The molecule has 1 saturated heterocycles. The monoisotopic (exact) mass is 280 g/mol. The third kappa shape index (κ3) is 3.70. The van der Waals surface area contributed by atoms with Crippen molar-refractivity contribution >= 4 is 5.69 Å². The van der Waals surface area contributed by atoms with Crippen molar-refractivity contribution in [3.05, 3.63) is 29.6 Å². The normalized spacial score (nSPS) is 21.0. The van der Waals surface area contributed by atoms with E-state index in [2.05, 4.69) is 24.1 Å². The molecule has 1 aliphatic heterocycles. The molecule has 0 bridgehead atoms. The lowest BCUT2D eigenvalue weighted by atomic mass is 10.1. The first-order valence-electron chi connectivity index (χ1n) is 7.51. The summed E-state index contributed by atoms with van der Waals surface area (Å²) in [7, 11) is 0. The smallest absolute Gasteiger partial charge is 0.146 e. The van der Waals surface area contributed by atoms with Gasteiger partial charge < -0.3 is 15.0 Å². The second-order valence-electron chi connectivity index (χ2n) is 5.51. The molecule has 2 atom stereocenters. The molecule has 112 valence electrons. The van der Waals surface area contributed by atoms with Gasteiger partial charge in [0.25, 0.3) is 0 Å². The van der Waals surface area contributed by atoms with Gasteiger partial charge in [-0.2, -0.15) is 0 Å². The fourth-order valence-electron chi connectivity index (χ4n) is 2.56. The van der Waals surface area contributed by atoms with Gasteiger partial charge in [-0.15, -0.1) is 0 Å². The van der Waals surface area contributed by atoms with E-state index in [0.29, 0.717) is 12.3 Å². The molecular weight excluding hydrogens is 255 g/mol. The van der Waals surface area contributed by atoms with Gasteiger partial charge in [-0.25, -0.2) is 4.39 Å². The number of morpholine rings is 1. The fourth-order valence-corrected chi connectivity index (χ4v) is 2.56. The van der Waals surface area contributed by atoms with Gasteiger partial charge in [0.05, 0.1) is 18.4 Å². The van der Waals surface area contributed by atoms with Crippen LogP contribution in [0.2, 0.25) is 0 Å². The van der Waals surface area contributed by atoms with Crippen molar-refractivity contribution in [3.63, 3.8) is 0 Å². The molecule has 1 aromatic rings. The number of halogens is 1. The van der Waals surface area contributed by atoms with E-state index in [0.717, 1.165) is 31.6 Å². The minimum atomic E-state index is -0.137. The molecular formula is C16H25FN2O. The molecule has 0 spiro atoms. The molecule has 0 amide bonds. The molecule has 4 heteroatoms. The molecule has 2 rings (SSSR count). The maximum absolute atomic E-state index is 14.3. The molecule has 0 saturated carbocycles. The van der Waals surface area contributed by atoms with Gasteiger partial charge in [-0.1, -0.05) is 13.0 Å². The van der Waals surface area contributed by atoms with Crippen LogP contribution in [0.25, 0.3) is 0 Å². The Bertz CT molecular complexity index is 438. The predicted octanol–water partition coefficient (Wildman–Crippen LogP) is 3.11. The first-order chi connectivity index (χ1) is 9.61. The zero-order chi connectivity index (χ0) is 14.5. The van der Waals surface area contributed by atoms with Crippen molar-refractivity contribution in [1.29, 1.82) is 0 Å². The summed E-state index contributed by atoms with van der Waals surface area (Å²) in [4.78, 5) is 2.07. The Hall–Kier alpha value is -1.13. The van der Waals surface area contributed by atoms with Gasteiger partial charge in [0.2, 0.25) is 0 Å². The van der Waals surface area contributed by atoms with Crippen LogP contribution in [0.5, 0.6) is 0 Å². The average Bonchev–Trinajstić information content (AvgIpc) is 2.44. The first kappa shape index (κ1) is 15.3. The highest BCUT2D eigenvalue weighted by molar-refractivity contribution is 5.50. The third-order valence-corrected chi connectivity index (χ3v) is 3.75. The van der Waals surface area contributed by atoms with E-state index in [4.69, 9.17) is 4.74 Å². The van der Waals surface area contributed by atoms with Crippen LogP contribution in [-0.2, 0) is 4.74 Å². The van der Waals surface area contributed by atoms with Gasteiger partial charge in [-0.3, -0.25) is 0 Å². The van der Waals surface area contributed by atoms with Crippen LogP contribution < -0.4 is 10.2 Å². The topological polar surface area (TPSA) is 24.5 Å². The van der Waals surface area contributed by atoms with Gasteiger partial charge in [0.1, 0.15) is 5.82 Å². The first-order valence-corrected chi connectivity index (χ1v) is 7.51. The van der Waals surface area contributed by atoms with Crippen molar-refractivity contribution in [3.8, 4) is 0 Å². The number of hydrogen-bond acceptors (Lipinski definition) is 3. The van der Waals surface area contributed by atoms with E-state index in [1.807, 2.05) is 19.1 Å². The van der Waals surface area contributed by atoms with Gasteiger partial charge in [-0.05, 0) is 44.5 Å². The fraction of sp³-hybridized carbons (Fsp3) is 0.625. The van der Waals surface area contributed by atoms with Gasteiger partial charge in [0.15, 0.2) is 0 Å². The summed E-state index contributed by atoms with van der Waals surface area (Å²) < 4.78 is 19.8. The summed E-state index contributed by atoms with van der Waals surface area (Å²) in [6.07, 6.45) is 1.24. The van der Waals surface area contributed by atoms with E-state index < -0.39 is 0 Å². The number of ether oxygens (including phenoxy) is 1. The number of benzene rings is 1. The molecule has 0 aromatic heterocycles. The second-order valence-corrected chi connectivity index (χ2v) is 5.51. The lowest BCUT2D eigenvalue weighted by Gasteiger charge is -2.33. The van der Waals surface area contributed by atoms with Crippen LogP contribution in [0.15, 0.2) is 18.2 Å². The number of nitrogens with one attached hydrogen (secondary N) is 1. The van der Waals surface area contributed by atoms with Crippen LogP contribution in [0.3, 0.4) is 0 Å². The standard InChI is InChI=1S/C16H25FN2O/c1-4-7-18-13(3)14-5-6-16(15(17)10-14)19-8-9-20-12(2)11-19/h5-6,10,12-13,18H,4,7-9,11H2,1-3H3. The zero-order valence-corrected chi connectivity index (χ0v) is 12.7. The van der Waals surface area contributed by atoms with Crippen molar-refractivity contribution in [2.75, 3.05) is 31.1 Å². The molecule has 20 heavy (non-hydrogen) atoms. The van der Waals surface area contributed by atoms with Crippen molar-refractivity contribution in [1.82, 2.24) is 5.32 Å². The highest BCUT2D eigenvalue weighted by atomic mass is 19.1. The van der Waals surface area contributed by atoms with Gasteiger partial charge >= 0.3 is 0 Å². The Labute approximate surface area is 121 Å². The average molecular weight is 280 g/mol. The Morgan fingerprint density at radius 1 is 1.50 bits per heavy atom. The summed E-state index contributed by atoms with van der Waals surface area (Å²) in [5.74, 6) is -0.137. The highest BCUT2D eigenvalue weighted by Crippen LogP contribution is 2.25. The summed E-state index contributed by atoms with van der Waals surface area (Å²) >= 11 is 0. The minimum absolute atomic E-state index is 0.137. The molecule has 1 fully saturated rings. The maximum atomic E-state index is 14.3. The molecule has 1 aromatic carbocycles. The Balaban J connectivity index is 2.09. The van der Waals surface area contributed by atoms with E-state index in [-0.39, 0.29) is 18.0 Å². The molecule has 1 aliphatic rings. The number of anilines is 1. The van der Waals surface area contributed by atoms with E-state index in [1.54, 1.807) is 6.07 Å². The summed E-state index contributed by atoms with van der Waals surface area (Å²) in [6.45, 7) is 9.34. The summed E-state index contributed by atoms with van der Waals surface area (Å²) in [5.41, 5.74) is 1.69. The van der Waals surface area contributed by atoms with Crippen LogP contribution in [0, 0.1) is 5.82 Å². The van der Waals surface area contributed by atoms with Crippen molar-refractivity contribution < 1.29 is 9.13 Å². The number of nitrogens with zero attached hydrogens (tertiary/aromatic N) is 1. The Kier molecular flexibility index (Phi) is 5.38. The number of hydrogen-bond donors (Lipinski definition) is 1. The second kappa shape index (κ2) is 7.04. The molecule has 2 unspecified atom stereocenters. The van der Waals surface area contributed by atoms with E-state index >= 15 is 0 Å². The predicted molar refractivity (Wildman–Crippen MR) is 80.7 cm³/mol.